The molecule has 0 saturated heterocycles. The van der Waals surface area contributed by atoms with Crippen LogP contribution in [-0.4, -0.2) is 15.5 Å². The first-order valence-corrected chi connectivity index (χ1v) is 8.45. The van der Waals surface area contributed by atoms with Gasteiger partial charge in [-0.1, -0.05) is 18.2 Å². The van der Waals surface area contributed by atoms with E-state index in [-0.39, 0.29) is 17.9 Å². The first-order chi connectivity index (χ1) is 11.1. The zero-order chi connectivity index (χ0) is 16.2. The number of carbonyl (C=O) groups is 1. The van der Waals surface area contributed by atoms with E-state index in [4.69, 9.17) is 0 Å². The van der Waals surface area contributed by atoms with Crippen molar-refractivity contribution >= 4 is 17.2 Å². The Labute approximate surface area is 139 Å². The molecular formula is C18H19N3OS. The Hall–Kier alpha value is -2.40. The van der Waals surface area contributed by atoms with Crippen LogP contribution in [0.15, 0.2) is 60.5 Å². The summed E-state index contributed by atoms with van der Waals surface area (Å²) in [6.45, 7) is 3.95. The Bertz CT molecular complexity index is 765. The van der Waals surface area contributed by atoms with E-state index in [0.717, 1.165) is 16.1 Å². The summed E-state index contributed by atoms with van der Waals surface area (Å²) in [5.41, 5.74) is 2.11. The number of hydrogen-bond donors (Lipinski definition) is 1. The van der Waals surface area contributed by atoms with Crippen molar-refractivity contribution in [1.82, 2.24) is 14.9 Å². The number of carbonyl (C=O) groups excluding carboxylic acids is 1. The van der Waals surface area contributed by atoms with Gasteiger partial charge in [-0.05, 0) is 43.0 Å². The van der Waals surface area contributed by atoms with Crippen LogP contribution in [-0.2, 0) is 4.79 Å². The summed E-state index contributed by atoms with van der Waals surface area (Å²) in [6.07, 6.45) is 5.42. The van der Waals surface area contributed by atoms with Gasteiger partial charge in [0.25, 0.3) is 0 Å². The second kappa shape index (κ2) is 6.79. The highest BCUT2D eigenvalue weighted by Crippen LogP contribution is 2.23. The SMILES string of the molecule is C[C@H](NC(=O)[C@H](C)c1cccs1)c1cccc(-n2ccnc2)c1. The van der Waals surface area contributed by atoms with E-state index in [1.165, 1.54) is 0 Å². The minimum Gasteiger partial charge on any atom is -0.349 e. The van der Waals surface area contributed by atoms with E-state index in [1.807, 2.05) is 60.3 Å². The van der Waals surface area contributed by atoms with Crippen molar-refractivity contribution in [2.75, 3.05) is 0 Å². The molecule has 3 aromatic rings. The molecule has 1 N–H and O–H groups in total. The van der Waals surface area contributed by atoms with Crippen LogP contribution < -0.4 is 5.32 Å². The van der Waals surface area contributed by atoms with Crippen molar-refractivity contribution in [3.05, 3.63) is 70.9 Å². The molecule has 0 fully saturated rings. The zero-order valence-electron chi connectivity index (χ0n) is 13.1. The molecule has 4 nitrogen and oxygen atoms in total. The summed E-state index contributed by atoms with van der Waals surface area (Å²) in [5.74, 6) is -0.0812. The maximum atomic E-state index is 12.4. The number of rotatable bonds is 5. The van der Waals surface area contributed by atoms with Crippen molar-refractivity contribution in [2.24, 2.45) is 0 Å². The highest BCUT2D eigenvalue weighted by Gasteiger charge is 2.18. The van der Waals surface area contributed by atoms with Crippen molar-refractivity contribution in [1.29, 1.82) is 0 Å². The van der Waals surface area contributed by atoms with Crippen molar-refractivity contribution in [3.8, 4) is 5.69 Å². The van der Waals surface area contributed by atoms with Gasteiger partial charge >= 0.3 is 0 Å². The van der Waals surface area contributed by atoms with Gasteiger partial charge in [-0.25, -0.2) is 4.98 Å². The number of aromatic nitrogens is 2. The van der Waals surface area contributed by atoms with Crippen LogP contribution in [0.25, 0.3) is 5.69 Å². The number of benzene rings is 1. The molecule has 23 heavy (non-hydrogen) atoms. The molecular weight excluding hydrogens is 306 g/mol. The summed E-state index contributed by atoms with van der Waals surface area (Å²) < 4.78 is 1.95. The van der Waals surface area contributed by atoms with Gasteiger partial charge in [0.05, 0.1) is 18.3 Å². The van der Waals surface area contributed by atoms with E-state index < -0.39 is 0 Å². The number of nitrogens with zero attached hydrogens (tertiary/aromatic N) is 2. The Morgan fingerprint density at radius 1 is 1.26 bits per heavy atom. The first kappa shape index (κ1) is 15.5. The summed E-state index contributed by atoms with van der Waals surface area (Å²) in [7, 11) is 0. The smallest absolute Gasteiger partial charge is 0.228 e. The fourth-order valence-corrected chi connectivity index (χ4v) is 3.24. The Balaban J connectivity index is 1.72. The highest BCUT2D eigenvalue weighted by atomic mass is 32.1. The molecule has 0 spiro atoms. The van der Waals surface area contributed by atoms with Gasteiger partial charge in [0, 0.05) is 23.0 Å². The highest BCUT2D eigenvalue weighted by molar-refractivity contribution is 7.10. The third kappa shape index (κ3) is 3.51. The molecule has 1 amide bonds. The quantitative estimate of drug-likeness (QED) is 0.773. The number of nitrogens with one attached hydrogen (secondary N) is 1. The van der Waals surface area contributed by atoms with Crippen LogP contribution in [0.3, 0.4) is 0 Å². The number of imidazole rings is 1. The van der Waals surface area contributed by atoms with E-state index in [2.05, 4.69) is 16.4 Å². The molecule has 2 heterocycles. The molecule has 0 aliphatic heterocycles. The molecule has 0 bridgehead atoms. The Kier molecular flexibility index (Phi) is 4.57. The van der Waals surface area contributed by atoms with Crippen LogP contribution in [0.2, 0.25) is 0 Å². The van der Waals surface area contributed by atoms with Gasteiger partial charge in [0.2, 0.25) is 5.91 Å². The number of thiophene rings is 1. The van der Waals surface area contributed by atoms with Gasteiger partial charge in [0.1, 0.15) is 0 Å². The average Bonchev–Trinajstić information content (AvgIpc) is 3.27. The normalized spacial score (nSPS) is 13.5. The van der Waals surface area contributed by atoms with E-state index >= 15 is 0 Å². The second-order valence-corrected chi connectivity index (χ2v) is 6.51. The molecule has 1 aromatic carbocycles. The fourth-order valence-electron chi connectivity index (χ4n) is 2.46. The molecule has 2 aromatic heterocycles. The van der Waals surface area contributed by atoms with Crippen molar-refractivity contribution in [3.63, 3.8) is 0 Å². The third-order valence-electron chi connectivity index (χ3n) is 3.89. The molecule has 0 unspecified atom stereocenters. The van der Waals surface area contributed by atoms with Gasteiger partial charge in [0.15, 0.2) is 0 Å². The summed E-state index contributed by atoms with van der Waals surface area (Å²) in [4.78, 5) is 17.6. The summed E-state index contributed by atoms with van der Waals surface area (Å²) >= 11 is 1.61. The lowest BCUT2D eigenvalue weighted by molar-refractivity contribution is -0.122. The molecule has 2 atom stereocenters. The molecule has 0 aliphatic carbocycles. The van der Waals surface area contributed by atoms with Crippen LogP contribution in [0, 0.1) is 0 Å². The maximum Gasteiger partial charge on any atom is 0.228 e. The maximum absolute atomic E-state index is 12.4. The Morgan fingerprint density at radius 3 is 2.83 bits per heavy atom. The van der Waals surface area contributed by atoms with Crippen molar-refractivity contribution < 1.29 is 4.79 Å². The molecule has 118 valence electrons. The van der Waals surface area contributed by atoms with Crippen LogP contribution >= 0.6 is 11.3 Å². The van der Waals surface area contributed by atoms with Crippen LogP contribution in [0.1, 0.15) is 36.2 Å². The Morgan fingerprint density at radius 2 is 2.13 bits per heavy atom. The van der Waals surface area contributed by atoms with Gasteiger partial charge in [-0.15, -0.1) is 11.3 Å². The largest absolute Gasteiger partial charge is 0.349 e. The van der Waals surface area contributed by atoms with E-state index in [9.17, 15) is 4.79 Å². The van der Waals surface area contributed by atoms with Crippen LogP contribution in [0.5, 0.6) is 0 Å². The number of hydrogen-bond acceptors (Lipinski definition) is 3. The fraction of sp³-hybridized carbons (Fsp3) is 0.222. The zero-order valence-corrected chi connectivity index (χ0v) is 14.0. The monoisotopic (exact) mass is 325 g/mol. The predicted molar refractivity (Wildman–Crippen MR) is 92.9 cm³/mol. The molecule has 0 aliphatic rings. The lowest BCUT2D eigenvalue weighted by atomic mass is 10.1. The van der Waals surface area contributed by atoms with Crippen LogP contribution in [0.4, 0.5) is 0 Å². The third-order valence-corrected chi connectivity index (χ3v) is 4.95. The first-order valence-electron chi connectivity index (χ1n) is 7.57. The second-order valence-electron chi connectivity index (χ2n) is 5.53. The van der Waals surface area contributed by atoms with E-state index in [1.54, 1.807) is 23.9 Å². The minimum absolute atomic E-state index is 0.0478. The lowest BCUT2D eigenvalue weighted by Gasteiger charge is -2.18. The van der Waals surface area contributed by atoms with Gasteiger partial charge in [-0.2, -0.15) is 0 Å². The van der Waals surface area contributed by atoms with Gasteiger partial charge in [-0.3, -0.25) is 4.79 Å². The predicted octanol–water partition coefficient (Wildman–Crippen LogP) is 3.91. The van der Waals surface area contributed by atoms with E-state index in [0.29, 0.717) is 0 Å². The van der Waals surface area contributed by atoms with Gasteiger partial charge < -0.3 is 9.88 Å². The standard InChI is InChI=1S/C18H19N3OS/c1-13(17-7-4-10-23-17)18(22)20-14(2)15-5-3-6-16(11-15)21-9-8-19-12-21/h3-14H,1-2H3,(H,20,22)/t13-,14+/m1/s1. The molecule has 3 rings (SSSR count). The van der Waals surface area contributed by atoms with Crippen molar-refractivity contribution in [2.45, 2.75) is 25.8 Å². The molecule has 0 saturated carbocycles. The summed E-state index contributed by atoms with van der Waals surface area (Å²) in [5, 5.41) is 5.10. The topological polar surface area (TPSA) is 46.9 Å². The molecule has 5 heteroatoms. The average molecular weight is 325 g/mol. The molecule has 0 radical (unpaired) electrons. The lowest BCUT2D eigenvalue weighted by Crippen LogP contribution is -2.30. The summed E-state index contributed by atoms with van der Waals surface area (Å²) in [6, 6.07) is 12.0. The minimum atomic E-state index is -0.130. The number of amides is 1.